The molecule has 4 rings (SSSR count). The normalized spacial score (nSPS) is 12.8. The predicted octanol–water partition coefficient (Wildman–Crippen LogP) is 4.23. The van der Waals surface area contributed by atoms with Crippen molar-refractivity contribution in [2.24, 2.45) is 0 Å². The van der Waals surface area contributed by atoms with Gasteiger partial charge in [0.2, 0.25) is 0 Å². The minimum atomic E-state index is -3.60. The molecule has 0 fully saturated rings. The van der Waals surface area contributed by atoms with Crippen LogP contribution in [0.25, 0.3) is 0 Å². The summed E-state index contributed by atoms with van der Waals surface area (Å²) in [5, 5.41) is 0. The third-order valence-corrected chi connectivity index (χ3v) is 6.06. The number of H-pyrrole nitrogens is 1. The first kappa shape index (κ1) is 16.4. The van der Waals surface area contributed by atoms with Crippen LogP contribution in [0, 0.1) is 0 Å². The van der Waals surface area contributed by atoms with Gasteiger partial charge >= 0.3 is 0 Å². The van der Waals surface area contributed by atoms with E-state index in [1.54, 1.807) is 42.7 Å². The van der Waals surface area contributed by atoms with Gasteiger partial charge in [-0.15, -0.1) is 0 Å². The van der Waals surface area contributed by atoms with Crippen molar-refractivity contribution in [2.45, 2.75) is 10.8 Å². The molecule has 2 aromatic heterocycles. The Balaban J connectivity index is 1.78. The van der Waals surface area contributed by atoms with Crippen LogP contribution in [0.15, 0.2) is 102 Å². The maximum atomic E-state index is 12.8. The lowest BCUT2D eigenvalue weighted by atomic mass is 9.90. The first-order valence-corrected chi connectivity index (χ1v) is 9.77. The number of aromatic nitrogens is 2. The van der Waals surface area contributed by atoms with Crippen molar-refractivity contribution in [3.8, 4) is 0 Å². The molecular weight excluding hydrogens is 344 g/mol. The Morgan fingerprint density at radius 2 is 1.46 bits per heavy atom. The van der Waals surface area contributed by atoms with E-state index in [2.05, 4.69) is 17.1 Å². The maximum absolute atomic E-state index is 12.8. The summed E-state index contributed by atoms with van der Waals surface area (Å²) in [6, 6.07) is 24.3. The second kappa shape index (κ2) is 6.69. The number of aromatic amines is 1. The first-order valence-electron chi connectivity index (χ1n) is 8.33. The number of benzene rings is 2. The third-order valence-electron chi connectivity index (χ3n) is 4.41. The molecule has 4 nitrogen and oxygen atoms in total. The van der Waals surface area contributed by atoms with Gasteiger partial charge in [-0.3, -0.25) is 0 Å². The smallest absolute Gasteiger partial charge is 0.267 e. The van der Waals surface area contributed by atoms with Crippen LogP contribution >= 0.6 is 0 Å². The molecule has 0 aliphatic heterocycles. The van der Waals surface area contributed by atoms with E-state index >= 15 is 0 Å². The van der Waals surface area contributed by atoms with Gasteiger partial charge in [-0.25, -0.2) is 12.4 Å². The molecule has 0 saturated carbocycles. The number of hydrogen-bond acceptors (Lipinski definition) is 2. The number of nitrogens with zero attached hydrogens (tertiary/aromatic N) is 1. The zero-order valence-corrected chi connectivity index (χ0v) is 14.8. The molecule has 2 heterocycles. The molecule has 1 atom stereocenters. The summed E-state index contributed by atoms with van der Waals surface area (Å²) in [7, 11) is -3.60. The summed E-state index contributed by atoms with van der Waals surface area (Å²) in [6.07, 6.45) is 5.18. The number of rotatable bonds is 5. The highest BCUT2D eigenvalue weighted by molar-refractivity contribution is 7.90. The second-order valence-corrected chi connectivity index (χ2v) is 7.91. The van der Waals surface area contributed by atoms with E-state index < -0.39 is 10.0 Å². The van der Waals surface area contributed by atoms with Crippen LogP contribution in [-0.4, -0.2) is 17.4 Å². The lowest BCUT2D eigenvalue weighted by Gasteiger charge is -2.15. The predicted molar refractivity (Wildman–Crippen MR) is 102 cm³/mol. The minimum Gasteiger partial charge on any atom is -0.364 e. The summed E-state index contributed by atoms with van der Waals surface area (Å²) < 4.78 is 27.0. The molecule has 2 aromatic carbocycles. The van der Waals surface area contributed by atoms with Gasteiger partial charge in [0, 0.05) is 24.3 Å². The summed E-state index contributed by atoms with van der Waals surface area (Å²) in [6.45, 7) is 0. The quantitative estimate of drug-likeness (QED) is 0.577. The standard InChI is InChI=1S/C21H18N2O2S/c24-26(25,19-10-5-2-6-11-19)23-15-13-18(16-23)21(20-12-7-14-22-20)17-8-3-1-4-9-17/h1-16,21-22H. The van der Waals surface area contributed by atoms with Gasteiger partial charge in [0.05, 0.1) is 10.8 Å². The molecule has 26 heavy (non-hydrogen) atoms. The highest BCUT2D eigenvalue weighted by Crippen LogP contribution is 2.31. The van der Waals surface area contributed by atoms with Crippen molar-refractivity contribution in [1.82, 2.24) is 8.96 Å². The number of nitrogens with one attached hydrogen (secondary N) is 1. The van der Waals surface area contributed by atoms with Crippen molar-refractivity contribution >= 4 is 10.0 Å². The molecule has 0 aliphatic carbocycles. The molecule has 130 valence electrons. The van der Waals surface area contributed by atoms with Crippen LogP contribution < -0.4 is 0 Å². The summed E-state index contributed by atoms with van der Waals surface area (Å²) in [4.78, 5) is 3.53. The highest BCUT2D eigenvalue weighted by atomic mass is 32.2. The third kappa shape index (κ3) is 2.97. The topological polar surface area (TPSA) is 54.9 Å². The second-order valence-electron chi connectivity index (χ2n) is 6.06. The molecule has 0 spiro atoms. The molecule has 1 unspecified atom stereocenters. The Hall–Kier alpha value is -3.05. The van der Waals surface area contributed by atoms with E-state index in [0.29, 0.717) is 0 Å². The van der Waals surface area contributed by atoms with Crippen LogP contribution in [0.5, 0.6) is 0 Å². The van der Waals surface area contributed by atoms with Crippen LogP contribution in [-0.2, 0) is 10.0 Å². The van der Waals surface area contributed by atoms with Crippen LogP contribution in [0.1, 0.15) is 22.7 Å². The fraction of sp³-hybridized carbons (Fsp3) is 0.0476. The van der Waals surface area contributed by atoms with Gasteiger partial charge in [0.25, 0.3) is 10.0 Å². The largest absolute Gasteiger partial charge is 0.364 e. The fourth-order valence-corrected chi connectivity index (χ4v) is 4.37. The van der Waals surface area contributed by atoms with Crippen molar-refractivity contribution < 1.29 is 8.42 Å². The molecule has 0 radical (unpaired) electrons. The molecule has 0 saturated heterocycles. The van der Waals surface area contributed by atoms with Crippen LogP contribution in [0.3, 0.4) is 0 Å². The average molecular weight is 362 g/mol. The molecule has 0 aliphatic rings. The Morgan fingerprint density at radius 3 is 2.12 bits per heavy atom. The molecule has 1 N–H and O–H groups in total. The summed E-state index contributed by atoms with van der Waals surface area (Å²) >= 11 is 0. The molecule has 4 aromatic rings. The van der Waals surface area contributed by atoms with Gasteiger partial charge in [0.15, 0.2) is 0 Å². The summed E-state index contributed by atoms with van der Waals surface area (Å²) in [5.74, 6) is -0.0570. The van der Waals surface area contributed by atoms with Crippen molar-refractivity contribution in [1.29, 1.82) is 0 Å². The van der Waals surface area contributed by atoms with Crippen molar-refractivity contribution in [3.05, 3.63) is 114 Å². The molecular formula is C21H18N2O2S. The van der Waals surface area contributed by atoms with Crippen molar-refractivity contribution in [2.75, 3.05) is 0 Å². The molecule has 5 heteroatoms. The van der Waals surface area contributed by atoms with Gasteiger partial charge < -0.3 is 4.98 Å². The Bertz CT molecular complexity index is 1080. The average Bonchev–Trinajstić information content (AvgIpc) is 3.37. The van der Waals surface area contributed by atoms with Crippen molar-refractivity contribution in [3.63, 3.8) is 0 Å². The Labute approximate surface area is 152 Å². The van der Waals surface area contributed by atoms with E-state index in [9.17, 15) is 8.42 Å². The minimum absolute atomic E-state index is 0.0570. The van der Waals surface area contributed by atoms with Gasteiger partial charge in [-0.2, -0.15) is 0 Å². The van der Waals surface area contributed by atoms with E-state index in [1.807, 2.05) is 42.6 Å². The zero-order valence-electron chi connectivity index (χ0n) is 14.0. The molecule has 0 amide bonds. The van der Waals surface area contributed by atoms with Gasteiger partial charge in [-0.1, -0.05) is 48.5 Å². The Kier molecular flexibility index (Phi) is 4.22. The SMILES string of the molecule is O=S(=O)(c1ccccc1)n1ccc(C(c2ccccc2)c2ccc[nH]2)c1. The highest BCUT2D eigenvalue weighted by Gasteiger charge is 2.22. The summed E-state index contributed by atoms with van der Waals surface area (Å²) in [5.41, 5.74) is 3.04. The maximum Gasteiger partial charge on any atom is 0.267 e. The monoisotopic (exact) mass is 362 g/mol. The Morgan fingerprint density at radius 1 is 0.769 bits per heavy atom. The first-order chi connectivity index (χ1) is 12.7. The van der Waals surface area contributed by atoms with E-state index in [4.69, 9.17) is 0 Å². The lowest BCUT2D eigenvalue weighted by Crippen LogP contribution is -2.11. The van der Waals surface area contributed by atoms with Crippen LogP contribution in [0.4, 0.5) is 0 Å². The van der Waals surface area contributed by atoms with E-state index in [-0.39, 0.29) is 10.8 Å². The lowest BCUT2D eigenvalue weighted by molar-refractivity contribution is 0.587. The van der Waals surface area contributed by atoms with Gasteiger partial charge in [0.1, 0.15) is 0 Å². The van der Waals surface area contributed by atoms with Gasteiger partial charge in [-0.05, 0) is 41.5 Å². The van der Waals surface area contributed by atoms with E-state index in [1.165, 1.54) is 3.97 Å². The van der Waals surface area contributed by atoms with E-state index in [0.717, 1.165) is 16.8 Å². The fourth-order valence-electron chi connectivity index (χ4n) is 3.15. The number of hydrogen-bond donors (Lipinski definition) is 1. The zero-order chi connectivity index (χ0) is 18.0. The van der Waals surface area contributed by atoms with Crippen LogP contribution in [0.2, 0.25) is 0 Å². The molecule has 0 bridgehead atoms.